The van der Waals surface area contributed by atoms with Gasteiger partial charge < -0.3 is 5.32 Å². The van der Waals surface area contributed by atoms with E-state index in [4.69, 9.17) is 11.6 Å². The van der Waals surface area contributed by atoms with Gasteiger partial charge in [0.25, 0.3) is 0 Å². The van der Waals surface area contributed by atoms with Crippen LogP contribution in [0.2, 0.25) is 5.02 Å². The second kappa shape index (κ2) is 4.08. The van der Waals surface area contributed by atoms with Crippen molar-refractivity contribution in [1.82, 2.24) is 9.78 Å². The van der Waals surface area contributed by atoms with E-state index in [0.29, 0.717) is 0 Å². The van der Waals surface area contributed by atoms with Gasteiger partial charge in [-0.3, -0.25) is 0 Å². The molecule has 2 aromatic rings. The van der Waals surface area contributed by atoms with Crippen molar-refractivity contribution in [3.8, 4) is 11.3 Å². The Morgan fingerprint density at radius 1 is 1.35 bits per heavy atom. The fraction of sp³-hybridized carbons (Fsp3) is 0.308. The Kier molecular flexibility index (Phi) is 2.56. The quantitative estimate of drug-likeness (QED) is 0.883. The van der Waals surface area contributed by atoms with Crippen molar-refractivity contribution < 1.29 is 0 Å². The van der Waals surface area contributed by atoms with E-state index in [1.54, 1.807) is 0 Å². The molecule has 0 saturated carbocycles. The lowest BCUT2D eigenvalue weighted by Crippen LogP contribution is -2.04. The highest BCUT2D eigenvalue weighted by atomic mass is 35.5. The van der Waals surface area contributed by atoms with E-state index in [0.717, 1.165) is 35.8 Å². The number of anilines is 1. The molecule has 88 valence electrons. The highest BCUT2D eigenvalue weighted by molar-refractivity contribution is 6.30. The van der Waals surface area contributed by atoms with Crippen LogP contribution in [-0.2, 0) is 13.0 Å². The van der Waals surface area contributed by atoms with Crippen molar-refractivity contribution in [2.45, 2.75) is 19.9 Å². The smallest absolute Gasteiger partial charge is 0.128 e. The standard InChI is InChI=1S/C13H14ClN3/c1-2-17-13-11(7-8-15-13)12(16-17)9-3-5-10(14)6-4-9/h3-6,15H,2,7-8H2,1H3. The molecule has 3 rings (SSSR count). The second-order valence-electron chi connectivity index (χ2n) is 4.18. The van der Waals surface area contributed by atoms with Gasteiger partial charge in [-0.05, 0) is 25.5 Å². The number of fused-ring (bicyclic) bond motifs is 1. The third-order valence-corrected chi connectivity index (χ3v) is 3.39. The lowest BCUT2D eigenvalue weighted by Gasteiger charge is -2.01. The predicted octanol–water partition coefficient (Wildman–Crippen LogP) is 3.19. The molecule has 1 N–H and O–H groups in total. The average Bonchev–Trinajstić information content (AvgIpc) is 2.91. The summed E-state index contributed by atoms with van der Waals surface area (Å²) < 4.78 is 2.03. The van der Waals surface area contributed by atoms with Gasteiger partial charge in [-0.25, -0.2) is 4.68 Å². The minimum absolute atomic E-state index is 0.762. The minimum Gasteiger partial charge on any atom is -0.370 e. The van der Waals surface area contributed by atoms with Crippen LogP contribution in [0.1, 0.15) is 12.5 Å². The molecule has 2 heterocycles. The number of rotatable bonds is 2. The summed E-state index contributed by atoms with van der Waals surface area (Å²) in [6.45, 7) is 4.01. The summed E-state index contributed by atoms with van der Waals surface area (Å²) in [5, 5.41) is 8.82. The molecule has 1 aliphatic heterocycles. The number of halogens is 1. The topological polar surface area (TPSA) is 29.9 Å². The number of nitrogens with zero attached hydrogens (tertiary/aromatic N) is 2. The summed E-state index contributed by atoms with van der Waals surface area (Å²) in [7, 11) is 0. The predicted molar refractivity (Wildman–Crippen MR) is 70.5 cm³/mol. The molecule has 0 fully saturated rings. The first kappa shape index (κ1) is 10.7. The van der Waals surface area contributed by atoms with Crippen LogP contribution in [0.15, 0.2) is 24.3 Å². The first-order valence-electron chi connectivity index (χ1n) is 5.89. The molecule has 4 heteroatoms. The van der Waals surface area contributed by atoms with Crippen LogP contribution in [0.3, 0.4) is 0 Å². The van der Waals surface area contributed by atoms with Gasteiger partial charge in [-0.2, -0.15) is 5.10 Å². The number of hydrogen-bond acceptors (Lipinski definition) is 2. The van der Waals surface area contributed by atoms with Gasteiger partial charge in [-0.15, -0.1) is 0 Å². The minimum atomic E-state index is 0.762. The van der Waals surface area contributed by atoms with Gasteiger partial charge in [0.1, 0.15) is 5.82 Å². The summed E-state index contributed by atoms with van der Waals surface area (Å²) in [6, 6.07) is 7.89. The van der Waals surface area contributed by atoms with Gasteiger partial charge in [0.05, 0.1) is 5.69 Å². The normalized spacial score (nSPS) is 13.5. The van der Waals surface area contributed by atoms with Crippen molar-refractivity contribution in [2.24, 2.45) is 0 Å². The Labute approximate surface area is 105 Å². The molecule has 0 amide bonds. The van der Waals surface area contributed by atoms with Gasteiger partial charge in [-0.1, -0.05) is 23.7 Å². The van der Waals surface area contributed by atoms with E-state index in [1.165, 1.54) is 11.4 Å². The molecule has 0 bridgehead atoms. The number of hydrogen-bond donors (Lipinski definition) is 1. The average molecular weight is 248 g/mol. The summed E-state index contributed by atoms with van der Waals surface area (Å²) >= 11 is 5.91. The van der Waals surface area contributed by atoms with E-state index in [9.17, 15) is 0 Å². The maximum Gasteiger partial charge on any atom is 0.128 e. The van der Waals surface area contributed by atoms with E-state index >= 15 is 0 Å². The van der Waals surface area contributed by atoms with Crippen molar-refractivity contribution in [2.75, 3.05) is 11.9 Å². The molecule has 0 unspecified atom stereocenters. The van der Waals surface area contributed by atoms with Crippen molar-refractivity contribution in [3.63, 3.8) is 0 Å². The van der Waals surface area contributed by atoms with Crippen LogP contribution in [0.5, 0.6) is 0 Å². The molecule has 0 radical (unpaired) electrons. The lowest BCUT2D eigenvalue weighted by atomic mass is 10.1. The zero-order chi connectivity index (χ0) is 11.8. The van der Waals surface area contributed by atoms with Crippen LogP contribution in [0.4, 0.5) is 5.82 Å². The molecule has 0 aliphatic carbocycles. The van der Waals surface area contributed by atoms with Crippen LogP contribution in [0, 0.1) is 0 Å². The second-order valence-corrected chi connectivity index (χ2v) is 4.61. The van der Waals surface area contributed by atoms with E-state index in [-0.39, 0.29) is 0 Å². The van der Waals surface area contributed by atoms with Crippen molar-refractivity contribution >= 4 is 17.4 Å². The Balaban J connectivity index is 2.12. The van der Waals surface area contributed by atoms with E-state index < -0.39 is 0 Å². The number of aryl methyl sites for hydroxylation is 1. The molecule has 1 aromatic carbocycles. The summed E-state index contributed by atoms with van der Waals surface area (Å²) in [4.78, 5) is 0. The maximum atomic E-state index is 5.91. The van der Waals surface area contributed by atoms with Gasteiger partial charge in [0, 0.05) is 29.2 Å². The lowest BCUT2D eigenvalue weighted by molar-refractivity contribution is 0.668. The zero-order valence-electron chi connectivity index (χ0n) is 9.70. The van der Waals surface area contributed by atoms with Crippen molar-refractivity contribution in [1.29, 1.82) is 0 Å². The highest BCUT2D eigenvalue weighted by Gasteiger charge is 2.22. The third kappa shape index (κ3) is 1.71. The molecule has 17 heavy (non-hydrogen) atoms. The van der Waals surface area contributed by atoms with Crippen molar-refractivity contribution in [3.05, 3.63) is 34.9 Å². The fourth-order valence-corrected chi connectivity index (χ4v) is 2.43. The van der Waals surface area contributed by atoms with E-state index in [2.05, 4.69) is 17.3 Å². The Morgan fingerprint density at radius 2 is 2.12 bits per heavy atom. The number of benzene rings is 1. The molecule has 0 saturated heterocycles. The zero-order valence-corrected chi connectivity index (χ0v) is 10.5. The van der Waals surface area contributed by atoms with Gasteiger partial charge in [0.2, 0.25) is 0 Å². The fourth-order valence-electron chi connectivity index (χ4n) is 2.31. The van der Waals surface area contributed by atoms with E-state index in [1.807, 2.05) is 28.9 Å². The maximum absolute atomic E-state index is 5.91. The molecule has 0 spiro atoms. The summed E-state index contributed by atoms with van der Waals surface area (Å²) in [5.74, 6) is 1.18. The molecular weight excluding hydrogens is 234 g/mol. The number of nitrogens with one attached hydrogen (secondary N) is 1. The van der Waals surface area contributed by atoms with Gasteiger partial charge >= 0.3 is 0 Å². The first-order valence-corrected chi connectivity index (χ1v) is 6.27. The molecule has 0 atom stereocenters. The molecule has 1 aliphatic rings. The molecular formula is C13H14ClN3. The number of aromatic nitrogens is 2. The SMILES string of the molecule is CCn1nc(-c2ccc(Cl)cc2)c2c1NCC2. The van der Waals surface area contributed by atoms with Crippen LogP contribution >= 0.6 is 11.6 Å². The summed E-state index contributed by atoms with van der Waals surface area (Å²) in [5.41, 5.74) is 3.55. The largest absolute Gasteiger partial charge is 0.370 e. The van der Waals surface area contributed by atoms with Crippen LogP contribution in [-0.4, -0.2) is 16.3 Å². The Bertz CT molecular complexity index is 543. The highest BCUT2D eigenvalue weighted by Crippen LogP contribution is 2.32. The van der Waals surface area contributed by atoms with Crippen LogP contribution < -0.4 is 5.32 Å². The first-order chi connectivity index (χ1) is 8.29. The Hall–Kier alpha value is -1.48. The Morgan fingerprint density at radius 3 is 2.82 bits per heavy atom. The van der Waals surface area contributed by atoms with Crippen LogP contribution in [0.25, 0.3) is 11.3 Å². The van der Waals surface area contributed by atoms with Gasteiger partial charge in [0.15, 0.2) is 0 Å². The molecule has 1 aromatic heterocycles. The summed E-state index contributed by atoms with van der Waals surface area (Å²) in [6.07, 6.45) is 1.05. The monoisotopic (exact) mass is 247 g/mol. The third-order valence-electron chi connectivity index (χ3n) is 3.14. The molecule has 3 nitrogen and oxygen atoms in total.